The van der Waals surface area contributed by atoms with Crippen molar-refractivity contribution >= 4 is 22.8 Å². The number of hydrogen-bond donors (Lipinski definition) is 0. The average Bonchev–Trinajstić information content (AvgIpc) is 2.44. The highest BCUT2D eigenvalue weighted by atomic mass is 35.5. The van der Waals surface area contributed by atoms with Gasteiger partial charge in [-0.2, -0.15) is 4.98 Å². The van der Waals surface area contributed by atoms with E-state index in [1.807, 2.05) is 0 Å². The molecule has 0 aliphatic carbocycles. The molecular formula is C7H7ClN4O. The normalized spacial score (nSPS) is 11.0. The molecule has 0 saturated heterocycles. The number of aromatic nitrogens is 4. The quantitative estimate of drug-likeness (QED) is 0.573. The number of halogens is 1. The number of hydrogen-bond acceptors (Lipinski definition) is 3. The number of fused-ring (bicyclic) bond motifs is 1. The molecule has 0 radical (unpaired) electrons. The first-order chi connectivity index (χ1) is 6.11. The summed E-state index contributed by atoms with van der Waals surface area (Å²) in [4.78, 5) is 19.1. The first-order valence-corrected chi connectivity index (χ1v) is 4.02. The van der Waals surface area contributed by atoms with Crippen LogP contribution in [0.5, 0.6) is 0 Å². The smallest absolute Gasteiger partial charge is 0.300 e. The van der Waals surface area contributed by atoms with Gasteiger partial charge in [0.1, 0.15) is 0 Å². The summed E-state index contributed by atoms with van der Waals surface area (Å²) in [5, 5.41) is 0.149. The molecule has 6 heteroatoms. The zero-order valence-electron chi connectivity index (χ0n) is 7.15. The van der Waals surface area contributed by atoms with Crippen molar-refractivity contribution in [3.63, 3.8) is 0 Å². The third-order valence-electron chi connectivity index (χ3n) is 1.91. The highest BCUT2D eigenvalue weighted by molar-refractivity contribution is 6.28. The zero-order chi connectivity index (χ0) is 9.59. The summed E-state index contributed by atoms with van der Waals surface area (Å²) in [6.07, 6.45) is 1.56. The van der Waals surface area contributed by atoms with Gasteiger partial charge in [-0.05, 0) is 11.6 Å². The van der Waals surface area contributed by atoms with E-state index in [0.29, 0.717) is 11.2 Å². The minimum atomic E-state index is -0.349. The van der Waals surface area contributed by atoms with E-state index < -0.39 is 0 Å². The van der Waals surface area contributed by atoms with Crippen LogP contribution < -0.4 is 5.56 Å². The van der Waals surface area contributed by atoms with E-state index in [0.717, 1.165) is 0 Å². The van der Waals surface area contributed by atoms with E-state index in [9.17, 15) is 4.79 Å². The molecule has 0 amide bonds. The Bertz CT molecular complexity index is 527. The maximum Gasteiger partial charge on any atom is 0.300 e. The maximum absolute atomic E-state index is 11.4. The van der Waals surface area contributed by atoms with Gasteiger partial charge in [0, 0.05) is 14.1 Å². The summed E-state index contributed by atoms with van der Waals surface area (Å²) in [5.41, 5.74) is 0.664. The molecule has 0 N–H and O–H groups in total. The molecule has 68 valence electrons. The van der Waals surface area contributed by atoms with Gasteiger partial charge in [0.15, 0.2) is 11.2 Å². The Morgan fingerprint density at radius 3 is 2.85 bits per heavy atom. The monoisotopic (exact) mass is 198 g/mol. The first kappa shape index (κ1) is 8.25. The van der Waals surface area contributed by atoms with Crippen LogP contribution in [-0.2, 0) is 14.1 Å². The van der Waals surface area contributed by atoms with Crippen LogP contribution in [0.15, 0.2) is 11.1 Å². The largest absolute Gasteiger partial charge is 0.328 e. The second kappa shape index (κ2) is 2.56. The lowest BCUT2D eigenvalue weighted by atomic mass is 10.5. The average molecular weight is 199 g/mol. The molecule has 0 atom stereocenters. The van der Waals surface area contributed by atoms with Crippen LogP contribution in [0.25, 0.3) is 11.2 Å². The molecule has 0 bridgehead atoms. The van der Waals surface area contributed by atoms with Crippen LogP contribution in [0, 0.1) is 0 Å². The molecule has 13 heavy (non-hydrogen) atoms. The number of rotatable bonds is 0. The van der Waals surface area contributed by atoms with Crippen molar-refractivity contribution in [2.75, 3.05) is 0 Å². The Morgan fingerprint density at radius 1 is 1.46 bits per heavy atom. The van der Waals surface area contributed by atoms with E-state index in [-0.39, 0.29) is 10.8 Å². The van der Waals surface area contributed by atoms with Gasteiger partial charge in [-0.3, -0.25) is 4.79 Å². The van der Waals surface area contributed by atoms with Gasteiger partial charge in [-0.25, -0.2) is 4.98 Å². The van der Waals surface area contributed by atoms with Crippen molar-refractivity contribution in [3.05, 3.63) is 22.0 Å². The predicted octanol–water partition coefficient (Wildman–Crippen LogP) is 0.320. The van der Waals surface area contributed by atoms with Crippen molar-refractivity contribution in [2.45, 2.75) is 0 Å². The van der Waals surface area contributed by atoms with Gasteiger partial charge in [0.25, 0.3) is 5.56 Å². The molecule has 0 unspecified atom stereocenters. The van der Waals surface area contributed by atoms with Crippen molar-refractivity contribution in [2.24, 2.45) is 14.1 Å². The summed E-state index contributed by atoms with van der Waals surface area (Å²) in [6, 6.07) is 0. The zero-order valence-corrected chi connectivity index (χ0v) is 7.91. The molecule has 0 spiro atoms. The lowest BCUT2D eigenvalue weighted by Gasteiger charge is -2.00. The Labute approximate surface area is 78.6 Å². The van der Waals surface area contributed by atoms with Crippen molar-refractivity contribution in [1.82, 2.24) is 19.1 Å². The van der Waals surface area contributed by atoms with E-state index in [2.05, 4.69) is 9.97 Å². The third kappa shape index (κ3) is 1.04. The second-order valence-corrected chi connectivity index (χ2v) is 3.11. The van der Waals surface area contributed by atoms with Crippen LogP contribution in [0.4, 0.5) is 0 Å². The molecular weight excluding hydrogens is 192 g/mol. The molecule has 2 heterocycles. The van der Waals surface area contributed by atoms with Crippen LogP contribution in [0.1, 0.15) is 0 Å². The summed E-state index contributed by atoms with van der Waals surface area (Å²) in [7, 11) is 3.45. The Kier molecular flexibility index (Phi) is 1.63. The lowest BCUT2D eigenvalue weighted by Crippen LogP contribution is -2.14. The molecule has 0 saturated carbocycles. The van der Waals surface area contributed by atoms with Crippen LogP contribution in [0.3, 0.4) is 0 Å². The van der Waals surface area contributed by atoms with Gasteiger partial charge >= 0.3 is 0 Å². The molecule has 0 aliphatic rings. The van der Waals surface area contributed by atoms with Gasteiger partial charge in [-0.15, -0.1) is 0 Å². The fourth-order valence-corrected chi connectivity index (χ4v) is 1.37. The number of aryl methyl sites for hydroxylation is 2. The van der Waals surface area contributed by atoms with Gasteiger partial charge in [0.2, 0.25) is 5.28 Å². The summed E-state index contributed by atoms with van der Waals surface area (Å²) >= 11 is 5.70. The molecule has 2 rings (SSSR count). The fraction of sp³-hybridized carbons (Fsp3) is 0.286. The Hall–Kier alpha value is -1.36. The van der Waals surface area contributed by atoms with Crippen molar-refractivity contribution in [1.29, 1.82) is 0 Å². The topological polar surface area (TPSA) is 52.7 Å². The van der Waals surface area contributed by atoms with Gasteiger partial charge in [-0.1, -0.05) is 0 Å². The highest BCUT2D eigenvalue weighted by Gasteiger charge is 2.09. The highest BCUT2D eigenvalue weighted by Crippen LogP contribution is 2.09. The van der Waals surface area contributed by atoms with E-state index in [1.165, 1.54) is 0 Å². The molecule has 0 aliphatic heterocycles. The van der Waals surface area contributed by atoms with Crippen LogP contribution in [0.2, 0.25) is 5.28 Å². The molecule has 0 fully saturated rings. The van der Waals surface area contributed by atoms with E-state index >= 15 is 0 Å². The number of nitrogens with zero attached hydrogens (tertiary/aromatic N) is 4. The third-order valence-corrected chi connectivity index (χ3v) is 2.25. The van der Waals surface area contributed by atoms with Crippen molar-refractivity contribution in [3.8, 4) is 0 Å². The molecule has 2 aromatic heterocycles. The van der Waals surface area contributed by atoms with Gasteiger partial charge in [0.05, 0.1) is 6.33 Å². The Morgan fingerprint density at radius 2 is 2.15 bits per heavy atom. The fourth-order valence-electron chi connectivity index (χ4n) is 1.21. The molecule has 2 aromatic rings. The predicted molar refractivity (Wildman–Crippen MR) is 48.8 cm³/mol. The first-order valence-electron chi connectivity index (χ1n) is 3.65. The molecule has 0 aromatic carbocycles. The standard InChI is InChI=1S/C7H7ClN4O/c1-11-3-9-5-4(11)6(13)10-7(8)12(5)2/h3H,1-2H3. The summed E-state index contributed by atoms with van der Waals surface area (Å²) < 4.78 is 3.19. The summed E-state index contributed by atoms with van der Waals surface area (Å²) in [6.45, 7) is 0. The molecule has 5 nitrogen and oxygen atoms in total. The second-order valence-electron chi connectivity index (χ2n) is 2.77. The SMILES string of the molecule is Cn1cnc2c1c(=O)nc(Cl)n2C. The van der Waals surface area contributed by atoms with Crippen molar-refractivity contribution < 1.29 is 0 Å². The minimum Gasteiger partial charge on any atom is -0.328 e. The van der Waals surface area contributed by atoms with Crippen LogP contribution >= 0.6 is 11.6 Å². The van der Waals surface area contributed by atoms with E-state index in [4.69, 9.17) is 11.6 Å². The minimum absolute atomic E-state index is 0.149. The van der Waals surface area contributed by atoms with Gasteiger partial charge < -0.3 is 9.13 Å². The lowest BCUT2D eigenvalue weighted by molar-refractivity contribution is 0.884. The summed E-state index contributed by atoms with van der Waals surface area (Å²) in [5.74, 6) is 0. The Balaban J connectivity index is 3.08. The maximum atomic E-state index is 11.4. The van der Waals surface area contributed by atoms with Crippen LogP contribution in [-0.4, -0.2) is 19.1 Å². The van der Waals surface area contributed by atoms with E-state index in [1.54, 1.807) is 29.6 Å². The number of imidazole rings is 1.